The average Bonchev–Trinajstić information content (AvgIpc) is 3.41. The first-order chi connectivity index (χ1) is 18.5. The first-order valence-corrected chi connectivity index (χ1v) is 11.7. The second-order valence-corrected chi connectivity index (χ2v) is 8.65. The Kier molecular flexibility index (Phi) is 5.78. The van der Waals surface area contributed by atoms with Gasteiger partial charge in [-0.15, -0.1) is 0 Å². The van der Waals surface area contributed by atoms with Crippen molar-refractivity contribution >= 4 is 45.3 Å². The molecule has 4 heterocycles. The van der Waals surface area contributed by atoms with Gasteiger partial charge >= 0.3 is 0 Å². The number of nitrogens with one attached hydrogen (secondary N) is 2. The Hall–Kier alpha value is -5.09. The fraction of sp³-hybridized carbons (Fsp3) is 0. The molecule has 4 aromatic heterocycles. The van der Waals surface area contributed by atoms with E-state index in [2.05, 4.69) is 25.3 Å². The molecule has 11 heteroatoms. The summed E-state index contributed by atoms with van der Waals surface area (Å²) in [5.74, 6) is -1.35. The molecule has 0 aliphatic heterocycles. The van der Waals surface area contributed by atoms with E-state index in [9.17, 15) is 14.0 Å². The molecule has 0 saturated carbocycles. The minimum atomic E-state index is -0.730. The summed E-state index contributed by atoms with van der Waals surface area (Å²) in [7, 11) is 0. The molecule has 2 N–H and O–H groups in total. The Morgan fingerprint density at radius 1 is 1.03 bits per heavy atom. The number of carbonyl (C=O) groups is 1. The number of anilines is 1. The van der Waals surface area contributed by atoms with Crippen LogP contribution in [0, 0.1) is 5.82 Å². The topological polar surface area (TPSA) is 115 Å². The van der Waals surface area contributed by atoms with Gasteiger partial charge in [0.25, 0.3) is 11.5 Å². The lowest BCUT2D eigenvalue weighted by atomic mass is 10.1. The first kappa shape index (κ1) is 23.3. The summed E-state index contributed by atoms with van der Waals surface area (Å²) in [6, 6.07) is 17.1. The third-order valence-corrected chi connectivity index (χ3v) is 6.06. The summed E-state index contributed by atoms with van der Waals surface area (Å²) in [5.41, 5.74) is 0.830. The van der Waals surface area contributed by atoms with E-state index in [1.165, 1.54) is 29.1 Å². The number of H-pyrrole nitrogens is 1. The van der Waals surface area contributed by atoms with Crippen molar-refractivity contribution in [3.05, 3.63) is 112 Å². The number of amides is 1. The molecule has 0 radical (unpaired) electrons. The van der Waals surface area contributed by atoms with Gasteiger partial charge in [0.15, 0.2) is 11.6 Å². The SMILES string of the molecule is O=C(Nc1ccc(Oc2ncnc3[nH]ccc23)c(F)c1)c1cc2cccnc2n(-c2ccc(Cl)cc2)c1=O. The molecular weight excluding hydrogens is 511 g/mol. The zero-order chi connectivity index (χ0) is 26.2. The smallest absolute Gasteiger partial charge is 0.269 e. The third-order valence-electron chi connectivity index (χ3n) is 5.81. The van der Waals surface area contributed by atoms with Gasteiger partial charge in [-0.2, -0.15) is 0 Å². The molecule has 0 unspecified atom stereocenters. The van der Waals surface area contributed by atoms with Gasteiger partial charge in [0, 0.05) is 34.6 Å². The number of nitrogens with zero attached hydrogens (tertiary/aromatic N) is 4. The average molecular weight is 527 g/mol. The molecule has 0 bridgehead atoms. The molecule has 0 aliphatic carbocycles. The van der Waals surface area contributed by atoms with Crippen LogP contribution in [0.15, 0.2) is 90.2 Å². The summed E-state index contributed by atoms with van der Waals surface area (Å²) in [6.07, 6.45) is 4.53. The van der Waals surface area contributed by atoms with Crippen molar-refractivity contribution in [3.8, 4) is 17.3 Å². The number of pyridine rings is 2. The van der Waals surface area contributed by atoms with E-state index in [1.807, 2.05) is 0 Å². The van der Waals surface area contributed by atoms with Gasteiger partial charge in [0.1, 0.15) is 23.2 Å². The molecule has 6 rings (SSSR count). The van der Waals surface area contributed by atoms with Crippen molar-refractivity contribution in [1.82, 2.24) is 24.5 Å². The highest BCUT2D eigenvalue weighted by atomic mass is 35.5. The fourth-order valence-corrected chi connectivity index (χ4v) is 4.16. The highest BCUT2D eigenvalue weighted by molar-refractivity contribution is 6.30. The largest absolute Gasteiger partial charge is 0.435 e. The van der Waals surface area contributed by atoms with Crippen molar-refractivity contribution in [2.24, 2.45) is 0 Å². The number of aromatic nitrogens is 5. The number of carbonyl (C=O) groups excluding carboxylic acids is 1. The lowest BCUT2D eigenvalue weighted by Gasteiger charge is -2.13. The van der Waals surface area contributed by atoms with E-state index in [4.69, 9.17) is 16.3 Å². The Morgan fingerprint density at radius 3 is 2.68 bits per heavy atom. The first-order valence-electron chi connectivity index (χ1n) is 11.3. The predicted molar refractivity (Wildman–Crippen MR) is 141 cm³/mol. The number of fused-ring (bicyclic) bond motifs is 2. The van der Waals surface area contributed by atoms with E-state index in [1.54, 1.807) is 54.9 Å². The highest BCUT2D eigenvalue weighted by Gasteiger charge is 2.19. The van der Waals surface area contributed by atoms with Crippen LogP contribution in [0.5, 0.6) is 11.6 Å². The maximum Gasteiger partial charge on any atom is 0.269 e. The predicted octanol–water partition coefficient (Wildman–Crippen LogP) is 5.49. The third kappa shape index (κ3) is 4.22. The van der Waals surface area contributed by atoms with E-state index in [0.29, 0.717) is 32.8 Å². The van der Waals surface area contributed by atoms with Crippen LogP contribution in [0.3, 0.4) is 0 Å². The molecule has 38 heavy (non-hydrogen) atoms. The standard InChI is InChI=1S/C27H16ClFN6O3/c28-16-3-6-18(7-4-16)35-24-15(2-1-10-31-24)12-20(27(35)37)25(36)34-17-5-8-22(21(29)13-17)38-26-19-9-11-30-23(19)32-14-33-26/h1-14H,(H,34,36)(H,30,32,33). The van der Waals surface area contributed by atoms with Crippen LogP contribution in [-0.4, -0.2) is 30.4 Å². The lowest BCUT2D eigenvalue weighted by molar-refractivity contribution is 0.102. The van der Waals surface area contributed by atoms with Crippen LogP contribution < -0.4 is 15.6 Å². The summed E-state index contributed by atoms with van der Waals surface area (Å²) in [4.78, 5) is 42.0. The lowest BCUT2D eigenvalue weighted by Crippen LogP contribution is -2.29. The molecule has 0 spiro atoms. The number of hydrogen-bond acceptors (Lipinski definition) is 6. The highest BCUT2D eigenvalue weighted by Crippen LogP contribution is 2.29. The Bertz CT molecular complexity index is 1900. The van der Waals surface area contributed by atoms with Crippen LogP contribution in [0.25, 0.3) is 27.8 Å². The zero-order valence-electron chi connectivity index (χ0n) is 19.4. The van der Waals surface area contributed by atoms with Crippen LogP contribution in [-0.2, 0) is 0 Å². The maximum atomic E-state index is 14.9. The van der Waals surface area contributed by atoms with Crippen LogP contribution in [0.2, 0.25) is 5.02 Å². The quantitative estimate of drug-likeness (QED) is 0.307. The Balaban J connectivity index is 1.32. The second-order valence-electron chi connectivity index (χ2n) is 8.21. The molecule has 1 amide bonds. The molecule has 9 nitrogen and oxygen atoms in total. The minimum Gasteiger partial charge on any atom is -0.435 e. The van der Waals surface area contributed by atoms with Gasteiger partial charge in [-0.3, -0.25) is 14.2 Å². The van der Waals surface area contributed by atoms with Crippen LogP contribution >= 0.6 is 11.6 Å². The van der Waals surface area contributed by atoms with E-state index < -0.39 is 17.3 Å². The van der Waals surface area contributed by atoms with Crippen molar-refractivity contribution in [1.29, 1.82) is 0 Å². The van der Waals surface area contributed by atoms with E-state index in [0.717, 1.165) is 6.07 Å². The molecule has 0 aliphatic rings. The Morgan fingerprint density at radius 2 is 1.87 bits per heavy atom. The van der Waals surface area contributed by atoms with Gasteiger partial charge in [-0.05, 0) is 60.7 Å². The summed E-state index contributed by atoms with van der Waals surface area (Å²) >= 11 is 6.00. The van der Waals surface area contributed by atoms with Crippen molar-refractivity contribution in [3.63, 3.8) is 0 Å². The number of halogens is 2. The van der Waals surface area contributed by atoms with Crippen molar-refractivity contribution in [2.75, 3.05) is 5.32 Å². The Labute approximate surface area is 218 Å². The zero-order valence-corrected chi connectivity index (χ0v) is 20.1. The van der Waals surface area contributed by atoms with Gasteiger partial charge < -0.3 is 15.0 Å². The minimum absolute atomic E-state index is 0.0916. The fourth-order valence-electron chi connectivity index (χ4n) is 4.03. The van der Waals surface area contributed by atoms with Crippen molar-refractivity contribution in [2.45, 2.75) is 0 Å². The summed E-state index contributed by atoms with van der Waals surface area (Å²) < 4.78 is 21.9. The number of hydrogen-bond donors (Lipinski definition) is 2. The van der Waals surface area contributed by atoms with Gasteiger partial charge in [-0.1, -0.05) is 11.6 Å². The number of rotatable bonds is 5. The number of ether oxygens (including phenoxy) is 1. The maximum absolute atomic E-state index is 14.9. The van der Waals surface area contributed by atoms with Gasteiger partial charge in [0.2, 0.25) is 5.88 Å². The van der Waals surface area contributed by atoms with Gasteiger partial charge in [-0.25, -0.2) is 19.3 Å². The van der Waals surface area contributed by atoms with Crippen molar-refractivity contribution < 1.29 is 13.9 Å². The molecule has 186 valence electrons. The molecular formula is C27H16ClFN6O3. The molecule has 0 saturated heterocycles. The second kappa shape index (κ2) is 9.41. The number of benzene rings is 2. The number of aromatic amines is 1. The van der Waals surface area contributed by atoms with Crippen LogP contribution in [0.1, 0.15) is 10.4 Å². The van der Waals surface area contributed by atoms with E-state index >= 15 is 0 Å². The monoisotopic (exact) mass is 526 g/mol. The normalized spacial score (nSPS) is 11.1. The van der Waals surface area contributed by atoms with E-state index in [-0.39, 0.29) is 22.9 Å². The molecule has 0 atom stereocenters. The molecule has 6 aromatic rings. The summed E-state index contributed by atoms with van der Waals surface area (Å²) in [6.45, 7) is 0. The van der Waals surface area contributed by atoms with Crippen LogP contribution in [0.4, 0.5) is 10.1 Å². The molecule has 2 aromatic carbocycles. The summed E-state index contributed by atoms with van der Waals surface area (Å²) in [5, 5.41) is 4.25. The van der Waals surface area contributed by atoms with Gasteiger partial charge in [0.05, 0.1) is 11.1 Å². The molecule has 0 fully saturated rings.